The standard InChI is InChI=1S/C34H40O10/c1-4-20-41-33(37)25-26(3)34(38)43-24-9-7-22-39-28-13-10-27(11-14-28)12-19-32(36)44-30-17-15-29(16-18-30)40-21-6-8-23-42-31(35)5-2/h5,10-19H,2-4,6-9,20-25H2,1H3/b19-12+. The van der Waals surface area contributed by atoms with Gasteiger partial charge in [0.15, 0.2) is 0 Å². The highest BCUT2D eigenvalue weighted by Gasteiger charge is 2.14. The summed E-state index contributed by atoms with van der Waals surface area (Å²) in [6.07, 6.45) is 7.28. The SMILES string of the molecule is C=CC(=O)OCCCCOc1ccc(OC(=O)/C=C/c2ccc(OCCCCOC(=O)C(=C)CC(=O)OCCC)cc2)cc1. The van der Waals surface area contributed by atoms with E-state index in [-0.39, 0.29) is 18.6 Å². The molecule has 0 spiro atoms. The Kier molecular flexibility index (Phi) is 16.8. The number of hydrogen-bond acceptors (Lipinski definition) is 10. The van der Waals surface area contributed by atoms with E-state index in [1.54, 1.807) is 42.5 Å². The van der Waals surface area contributed by atoms with E-state index < -0.39 is 23.9 Å². The van der Waals surface area contributed by atoms with E-state index in [1.165, 1.54) is 6.08 Å². The third kappa shape index (κ3) is 15.4. The van der Waals surface area contributed by atoms with Crippen LogP contribution < -0.4 is 14.2 Å². The van der Waals surface area contributed by atoms with Crippen molar-refractivity contribution >= 4 is 30.0 Å². The number of benzene rings is 2. The fourth-order valence-electron chi connectivity index (χ4n) is 3.39. The molecule has 10 heteroatoms. The van der Waals surface area contributed by atoms with Crippen LogP contribution in [0.25, 0.3) is 6.08 Å². The second-order valence-corrected chi connectivity index (χ2v) is 9.41. The molecule has 0 aliphatic carbocycles. The molecule has 2 aromatic rings. The molecule has 0 N–H and O–H groups in total. The van der Waals surface area contributed by atoms with Crippen molar-refractivity contribution in [3.05, 3.63) is 85.0 Å². The van der Waals surface area contributed by atoms with E-state index in [2.05, 4.69) is 13.2 Å². The molecule has 0 radical (unpaired) electrons. The summed E-state index contributed by atoms with van der Waals surface area (Å²) < 4.78 is 31.6. The molecule has 0 heterocycles. The zero-order chi connectivity index (χ0) is 32.0. The third-order valence-corrected chi connectivity index (χ3v) is 5.71. The molecule has 2 rings (SSSR count). The van der Waals surface area contributed by atoms with Gasteiger partial charge in [0.05, 0.1) is 39.5 Å². The zero-order valence-electron chi connectivity index (χ0n) is 25.1. The Balaban J connectivity index is 1.60. The number of carbonyl (C=O) groups is 4. The number of unbranched alkanes of at least 4 members (excludes halogenated alkanes) is 2. The lowest BCUT2D eigenvalue weighted by Crippen LogP contribution is -2.14. The zero-order valence-corrected chi connectivity index (χ0v) is 25.1. The van der Waals surface area contributed by atoms with Gasteiger partial charge in [0, 0.05) is 17.7 Å². The molecule has 0 aliphatic heterocycles. The van der Waals surface area contributed by atoms with Gasteiger partial charge in [-0.2, -0.15) is 0 Å². The molecule has 0 fully saturated rings. The maximum Gasteiger partial charge on any atom is 0.336 e. The van der Waals surface area contributed by atoms with E-state index in [4.69, 9.17) is 28.4 Å². The molecule has 0 saturated carbocycles. The minimum atomic E-state index is -0.607. The van der Waals surface area contributed by atoms with Crippen molar-refractivity contribution in [2.24, 2.45) is 0 Å². The maximum atomic E-state index is 12.2. The lowest BCUT2D eigenvalue weighted by molar-refractivity contribution is -0.146. The molecule has 0 aliphatic rings. The van der Waals surface area contributed by atoms with E-state index >= 15 is 0 Å². The Morgan fingerprint density at radius 3 is 1.82 bits per heavy atom. The number of ether oxygens (including phenoxy) is 6. The molecule has 44 heavy (non-hydrogen) atoms. The second-order valence-electron chi connectivity index (χ2n) is 9.41. The van der Waals surface area contributed by atoms with Crippen LogP contribution in [-0.2, 0) is 33.4 Å². The number of carbonyl (C=O) groups excluding carboxylic acids is 4. The van der Waals surface area contributed by atoms with Gasteiger partial charge in [0.25, 0.3) is 0 Å². The number of hydrogen-bond donors (Lipinski definition) is 0. The molecule has 10 nitrogen and oxygen atoms in total. The first-order valence-electron chi connectivity index (χ1n) is 14.5. The molecule has 0 atom stereocenters. The maximum absolute atomic E-state index is 12.2. The van der Waals surface area contributed by atoms with Crippen LogP contribution in [0.3, 0.4) is 0 Å². The fourth-order valence-corrected chi connectivity index (χ4v) is 3.39. The molecule has 0 bridgehead atoms. The second kappa shape index (κ2) is 20.9. The highest BCUT2D eigenvalue weighted by molar-refractivity contribution is 5.93. The van der Waals surface area contributed by atoms with Gasteiger partial charge in [-0.1, -0.05) is 32.2 Å². The Bertz CT molecular complexity index is 1250. The van der Waals surface area contributed by atoms with Gasteiger partial charge in [-0.25, -0.2) is 14.4 Å². The number of rotatable bonds is 21. The lowest BCUT2D eigenvalue weighted by atomic mass is 10.2. The number of esters is 4. The Hall–Kier alpha value is -4.86. The van der Waals surface area contributed by atoms with Gasteiger partial charge >= 0.3 is 23.9 Å². The van der Waals surface area contributed by atoms with Crippen LogP contribution in [0.15, 0.2) is 79.4 Å². The molecule has 0 unspecified atom stereocenters. The molecule has 0 saturated heterocycles. The highest BCUT2D eigenvalue weighted by atomic mass is 16.5. The van der Waals surface area contributed by atoms with E-state index in [9.17, 15) is 19.2 Å². The van der Waals surface area contributed by atoms with Crippen molar-refractivity contribution in [2.45, 2.75) is 45.4 Å². The molecule has 2 aromatic carbocycles. The predicted molar refractivity (Wildman–Crippen MR) is 164 cm³/mol. The molecule has 0 amide bonds. The van der Waals surface area contributed by atoms with Crippen LogP contribution in [0, 0.1) is 0 Å². The summed E-state index contributed by atoms with van der Waals surface area (Å²) in [5.41, 5.74) is 0.864. The van der Waals surface area contributed by atoms with Crippen LogP contribution in [0.4, 0.5) is 0 Å². The van der Waals surface area contributed by atoms with Gasteiger partial charge < -0.3 is 28.4 Å². The summed E-state index contributed by atoms with van der Waals surface area (Å²) in [5, 5.41) is 0. The van der Waals surface area contributed by atoms with Crippen LogP contribution in [0.1, 0.15) is 51.0 Å². The highest BCUT2D eigenvalue weighted by Crippen LogP contribution is 2.19. The van der Waals surface area contributed by atoms with Crippen LogP contribution in [0.5, 0.6) is 17.2 Å². The first-order valence-corrected chi connectivity index (χ1v) is 14.5. The van der Waals surface area contributed by atoms with Crippen molar-refractivity contribution in [1.82, 2.24) is 0 Å². The first-order chi connectivity index (χ1) is 21.3. The van der Waals surface area contributed by atoms with Crippen LogP contribution in [0.2, 0.25) is 0 Å². The third-order valence-electron chi connectivity index (χ3n) is 5.71. The van der Waals surface area contributed by atoms with E-state index in [0.717, 1.165) is 18.1 Å². The Labute approximate surface area is 258 Å². The summed E-state index contributed by atoms with van der Waals surface area (Å²) >= 11 is 0. The minimum Gasteiger partial charge on any atom is -0.494 e. The predicted octanol–water partition coefficient (Wildman–Crippen LogP) is 5.80. The smallest absolute Gasteiger partial charge is 0.336 e. The van der Waals surface area contributed by atoms with Gasteiger partial charge in [0.1, 0.15) is 17.2 Å². The van der Waals surface area contributed by atoms with E-state index in [0.29, 0.717) is 69.4 Å². The van der Waals surface area contributed by atoms with Crippen molar-refractivity contribution < 1.29 is 47.6 Å². The Morgan fingerprint density at radius 2 is 1.23 bits per heavy atom. The van der Waals surface area contributed by atoms with Gasteiger partial charge in [-0.05, 0) is 80.1 Å². The fraction of sp³-hybridized carbons (Fsp3) is 0.353. The van der Waals surface area contributed by atoms with Gasteiger partial charge in [0.2, 0.25) is 0 Å². The average molecular weight is 609 g/mol. The van der Waals surface area contributed by atoms with Crippen molar-refractivity contribution in [1.29, 1.82) is 0 Å². The summed E-state index contributed by atoms with van der Waals surface area (Å²) in [4.78, 5) is 46.6. The van der Waals surface area contributed by atoms with Crippen molar-refractivity contribution in [3.63, 3.8) is 0 Å². The quantitative estimate of drug-likeness (QED) is 0.0565. The van der Waals surface area contributed by atoms with Crippen LogP contribution in [-0.4, -0.2) is 56.9 Å². The molecule has 0 aromatic heterocycles. The monoisotopic (exact) mass is 608 g/mol. The van der Waals surface area contributed by atoms with E-state index in [1.807, 2.05) is 19.1 Å². The Morgan fingerprint density at radius 1 is 0.682 bits per heavy atom. The average Bonchev–Trinajstić information content (AvgIpc) is 3.03. The lowest BCUT2D eigenvalue weighted by Gasteiger charge is -2.08. The van der Waals surface area contributed by atoms with Crippen molar-refractivity contribution in [3.8, 4) is 17.2 Å². The summed E-state index contributed by atoms with van der Waals surface area (Å²) in [6, 6.07) is 13.9. The van der Waals surface area contributed by atoms with Crippen molar-refractivity contribution in [2.75, 3.05) is 33.0 Å². The summed E-state index contributed by atoms with van der Waals surface area (Å²) in [5.74, 6) is -0.367. The van der Waals surface area contributed by atoms with Gasteiger partial charge in [-0.3, -0.25) is 4.79 Å². The topological polar surface area (TPSA) is 124 Å². The minimum absolute atomic E-state index is 0.0695. The largest absolute Gasteiger partial charge is 0.494 e. The van der Waals surface area contributed by atoms with Gasteiger partial charge in [-0.15, -0.1) is 0 Å². The molecule has 236 valence electrons. The summed E-state index contributed by atoms with van der Waals surface area (Å²) in [7, 11) is 0. The summed E-state index contributed by atoms with van der Waals surface area (Å²) in [6.45, 7) is 10.5. The molecular formula is C34H40O10. The first kappa shape index (κ1) is 35.3. The molecular weight excluding hydrogens is 568 g/mol. The van der Waals surface area contributed by atoms with Crippen LogP contribution >= 0.6 is 0 Å². The normalized spacial score (nSPS) is 10.5.